The van der Waals surface area contributed by atoms with Gasteiger partial charge in [-0.15, -0.1) is 0 Å². The largest absolute Gasteiger partial charge is 0.401 e. The van der Waals surface area contributed by atoms with Crippen LogP contribution in [0.1, 0.15) is 0 Å². The molecule has 0 radical (unpaired) electrons. The number of hydrogen-bond acceptors (Lipinski definition) is 4. The molecule has 2 amide bonds. The molecular formula is C20H18ClF5N6O. The van der Waals surface area contributed by atoms with E-state index in [1.807, 2.05) is 0 Å². The van der Waals surface area contributed by atoms with E-state index in [9.17, 15) is 26.7 Å². The summed E-state index contributed by atoms with van der Waals surface area (Å²) in [6.07, 6.45) is -1.48. The van der Waals surface area contributed by atoms with Crippen LogP contribution in [0.4, 0.5) is 43.9 Å². The quantitative estimate of drug-likeness (QED) is 0.460. The van der Waals surface area contributed by atoms with Crippen molar-refractivity contribution in [3.05, 3.63) is 47.2 Å². The second-order valence-electron chi connectivity index (χ2n) is 7.50. The first-order valence-corrected chi connectivity index (χ1v) is 10.2. The lowest BCUT2D eigenvalue weighted by molar-refractivity contribution is -0.146. The number of aromatic amines is 1. The van der Waals surface area contributed by atoms with Crippen molar-refractivity contribution in [2.75, 3.05) is 48.3 Å². The average Bonchev–Trinajstić information content (AvgIpc) is 3.09. The number of halogens is 6. The van der Waals surface area contributed by atoms with Gasteiger partial charge in [0.05, 0.1) is 34.7 Å². The number of alkyl halides is 3. The molecule has 4 rings (SSSR count). The third-order valence-electron chi connectivity index (χ3n) is 5.13. The fourth-order valence-electron chi connectivity index (χ4n) is 3.61. The molecule has 1 aliphatic rings. The molecule has 3 aromatic rings. The molecule has 0 saturated carbocycles. The van der Waals surface area contributed by atoms with Crippen LogP contribution < -0.4 is 15.5 Å². The molecule has 0 aliphatic carbocycles. The Morgan fingerprint density at radius 3 is 2.45 bits per heavy atom. The predicted molar refractivity (Wildman–Crippen MR) is 115 cm³/mol. The molecule has 1 aliphatic heterocycles. The monoisotopic (exact) mass is 488 g/mol. The molecule has 0 spiro atoms. The van der Waals surface area contributed by atoms with Gasteiger partial charge in [-0.2, -0.15) is 13.2 Å². The zero-order valence-corrected chi connectivity index (χ0v) is 17.7. The summed E-state index contributed by atoms with van der Waals surface area (Å²) >= 11 is 6.29. The number of pyridine rings is 1. The molecule has 1 aromatic carbocycles. The van der Waals surface area contributed by atoms with Gasteiger partial charge in [0.15, 0.2) is 11.6 Å². The fraction of sp³-hybridized carbons (Fsp3) is 0.300. The minimum absolute atomic E-state index is 0.217. The summed E-state index contributed by atoms with van der Waals surface area (Å²) in [7, 11) is 0. The van der Waals surface area contributed by atoms with Crippen molar-refractivity contribution >= 4 is 45.7 Å². The van der Waals surface area contributed by atoms with E-state index in [0.29, 0.717) is 29.8 Å². The normalized spacial score (nSPS) is 15.2. The van der Waals surface area contributed by atoms with Gasteiger partial charge in [-0.05, 0) is 12.1 Å². The van der Waals surface area contributed by atoms with Crippen LogP contribution in [-0.2, 0) is 0 Å². The number of aromatic nitrogens is 2. The number of nitrogens with zero attached hydrogens (tertiary/aromatic N) is 3. The second kappa shape index (κ2) is 9.02. The number of H-pyrrole nitrogens is 1. The highest BCUT2D eigenvalue weighted by molar-refractivity contribution is 6.33. The molecule has 13 heteroatoms. The van der Waals surface area contributed by atoms with E-state index >= 15 is 0 Å². The van der Waals surface area contributed by atoms with Gasteiger partial charge < -0.3 is 20.5 Å². The van der Waals surface area contributed by atoms with Gasteiger partial charge >= 0.3 is 12.2 Å². The molecule has 2 aromatic heterocycles. The summed E-state index contributed by atoms with van der Waals surface area (Å²) in [5, 5.41) is 5.59. The number of carbonyl (C=O) groups is 1. The molecule has 1 fully saturated rings. The van der Waals surface area contributed by atoms with Crippen LogP contribution in [0.5, 0.6) is 0 Å². The van der Waals surface area contributed by atoms with Crippen molar-refractivity contribution in [1.29, 1.82) is 0 Å². The molecule has 3 heterocycles. The standard InChI is InChI=1S/C20H18ClF5N6O/c21-13-5-11(8-28-18(13)32-3-1-31(2-4-32)10-20(24,25)26)29-19(33)30-17-9-27-16-7-15(23)14(22)6-12(16)17/h5-9,27H,1-4,10H2,(H2,29,30,33). The van der Waals surface area contributed by atoms with Crippen LogP contribution in [0, 0.1) is 11.6 Å². The van der Waals surface area contributed by atoms with Crippen molar-refractivity contribution in [2.45, 2.75) is 6.18 Å². The lowest BCUT2D eigenvalue weighted by Gasteiger charge is -2.36. The number of hydrogen-bond donors (Lipinski definition) is 3. The maximum absolute atomic E-state index is 13.5. The van der Waals surface area contributed by atoms with Crippen molar-refractivity contribution in [3.63, 3.8) is 0 Å². The zero-order chi connectivity index (χ0) is 23.8. The first-order valence-electron chi connectivity index (χ1n) is 9.83. The van der Waals surface area contributed by atoms with Gasteiger partial charge in [-0.25, -0.2) is 18.6 Å². The maximum atomic E-state index is 13.5. The number of piperazine rings is 1. The number of benzene rings is 1. The molecule has 176 valence electrons. The fourth-order valence-corrected chi connectivity index (χ4v) is 3.89. The number of fused-ring (bicyclic) bond motifs is 1. The first-order chi connectivity index (χ1) is 15.6. The minimum Gasteiger partial charge on any atom is -0.359 e. The summed E-state index contributed by atoms with van der Waals surface area (Å²) in [6.45, 7) is 0.129. The Morgan fingerprint density at radius 2 is 1.79 bits per heavy atom. The van der Waals surface area contributed by atoms with E-state index < -0.39 is 30.4 Å². The van der Waals surface area contributed by atoms with Gasteiger partial charge in [-0.1, -0.05) is 11.6 Å². The molecule has 1 saturated heterocycles. The SMILES string of the molecule is O=C(Nc1cnc(N2CCN(CC(F)(F)F)CC2)c(Cl)c1)Nc1c[nH]c2cc(F)c(F)cc12. The number of rotatable bonds is 4. The number of nitrogens with one attached hydrogen (secondary N) is 3. The highest BCUT2D eigenvalue weighted by atomic mass is 35.5. The van der Waals surface area contributed by atoms with E-state index in [1.54, 1.807) is 4.90 Å². The maximum Gasteiger partial charge on any atom is 0.401 e. The van der Waals surface area contributed by atoms with E-state index in [2.05, 4.69) is 20.6 Å². The van der Waals surface area contributed by atoms with Crippen molar-refractivity contribution in [1.82, 2.24) is 14.9 Å². The van der Waals surface area contributed by atoms with Crippen LogP contribution in [0.15, 0.2) is 30.6 Å². The lowest BCUT2D eigenvalue weighted by atomic mass is 10.2. The van der Waals surface area contributed by atoms with Crippen molar-refractivity contribution in [2.24, 2.45) is 0 Å². The van der Waals surface area contributed by atoms with E-state index in [0.717, 1.165) is 12.1 Å². The highest BCUT2D eigenvalue weighted by Gasteiger charge is 2.32. The number of anilines is 3. The van der Waals surface area contributed by atoms with Crippen molar-refractivity contribution < 1.29 is 26.7 Å². The summed E-state index contributed by atoms with van der Waals surface area (Å²) in [6, 6.07) is 2.76. The molecule has 33 heavy (non-hydrogen) atoms. The summed E-state index contributed by atoms with van der Waals surface area (Å²) in [5.74, 6) is -1.65. The third kappa shape index (κ3) is 5.45. The topological polar surface area (TPSA) is 76.3 Å². The lowest BCUT2D eigenvalue weighted by Crippen LogP contribution is -2.49. The summed E-state index contributed by atoms with van der Waals surface area (Å²) in [4.78, 5) is 22.4. The average molecular weight is 489 g/mol. The van der Waals surface area contributed by atoms with E-state index in [-0.39, 0.29) is 29.5 Å². The smallest absolute Gasteiger partial charge is 0.359 e. The molecule has 7 nitrogen and oxygen atoms in total. The Labute approximate surface area is 189 Å². The van der Waals surface area contributed by atoms with Crippen LogP contribution in [0.25, 0.3) is 10.9 Å². The number of amides is 2. The molecule has 3 N–H and O–H groups in total. The Hall–Kier alpha value is -3.12. The van der Waals surface area contributed by atoms with E-state index in [4.69, 9.17) is 11.6 Å². The Balaban J connectivity index is 1.38. The molecule has 0 unspecified atom stereocenters. The van der Waals surface area contributed by atoms with Crippen LogP contribution in [-0.4, -0.2) is 59.8 Å². The number of urea groups is 1. The van der Waals surface area contributed by atoms with Crippen LogP contribution in [0.2, 0.25) is 5.02 Å². The third-order valence-corrected chi connectivity index (χ3v) is 5.40. The van der Waals surface area contributed by atoms with Gasteiger partial charge in [0.25, 0.3) is 0 Å². The Morgan fingerprint density at radius 1 is 1.09 bits per heavy atom. The van der Waals surface area contributed by atoms with Gasteiger partial charge in [0.2, 0.25) is 0 Å². The Bertz CT molecular complexity index is 1180. The van der Waals surface area contributed by atoms with Crippen LogP contribution in [0.3, 0.4) is 0 Å². The molecule has 0 atom stereocenters. The van der Waals surface area contributed by atoms with Gasteiger partial charge in [-0.3, -0.25) is 4.90 Å². The first kappa shape index (κ1) is 23.1. The predicted octanol–water partition coefficient (Wildman–Crippen LogP) is 4.82. The number of carbonyl (C=O) groups excluding carboxylic acids is 1. The van der Waals surface area contributed by atoms with Gasteiger partial charge in [0, 0.05) is 43.8 Å². The van der Waals surface area contributed by atoms with Crippen LogP contribution >= 0.6 is 11.6 Å². The Kier molecular flexibility index (Phi) is 6.30. The summed E-state index contributed by atoms with van der Waals surface area (Å²) in [5.41, 5.74) is 0.830. The van der Waals surface area contributed by atoms with Gasteiger partial charge in [0.1, 0.15) is 5.82 Å². The zero-order valence-electron chi connectivity index (χ0n) is 16.9. The molecule has 0 bridgehead atoms. The highest BCUT2D eigenvalue weighted by Crippen LogP contribution is 2.29. The molecular weight excluding hydrogens is 471 g/mol. The second-order valence-corrected chi connectivity index (χ2v) is 7.91. The van der Waals surface area contributed by atoms with Crippen molar-refractivity contribution in [3.8, 4) is 0 Å². The summed E-state index contributed by atoms with van der Waals surface area (Å²) < 4.78 is 64.5. The minimum atomic E-state index is -4.25. The van der Waals surface area contributed by atoms with E-state index in [1.165, 1.54) is 23.4 Å².